The Bertz CT molecular complexity index is 1550. The van der Waals surface area contributed by atoms with Crippen LogP contribution in [-0.4, -0.2) is 55.9 Å². The van der Waals surface area contributed by atoms with Gasteiger partial charge in [-0.1, -0.05) is 41.9 Å². The van der Waals surface area contributed by atoms with E-state index in [1.165, 1.54) is 19.2 Å². The second-order valence-electron chi connectivity index (χ2n) is 11.3. The maximum atomic E-state index is 16.9. The van der Waals surface area contributed by atoms with E-state index in [9.17, 15) is 9.90 Å². The molecule has 2 fully saturated rings. The van der Waals surface area contributed by atoms with Crippen LogP contribution in [0.2, 0.25) is 5.02 Å². The van der Waals surface area contributed by atoms with Gasteiger partial charge in [0.05, 0.1) is 28.8 Å². The lowest BCUT2D eigenvalue weighted by atomic mass is 9.80. The Morgan fingerprint density at radius 1 is 1.20 bits per heavy atom. The van der Waals surface area contributed by atoms with Crippen LogP contribution in [0.25, 0.3) is 11.1 Å². The quantitative estimate of drug-likeness (QED) is 0.419. The third-order valence-electron chi connectivity index (χ3n) is 8.94. The van der Waals surface area contributed by atoms with Crippen molar-refractivity contribution in [3.05, 3.63) is 75.8 Å². The van der Waals surface area contributed by atoms with Crippen LogP contribution in [0.1, 0.15) is 40.7 Å². The molecule has 0 spiro atoms. The van der Waals surface area contributed by atoms with E-state index in [0.717, 1.165) is 24.9 Å². The average molecular weight is 582 g/mol. The Kier molecular flexibility index (Phi) is 6.37. The molecule has 2 unspecified atom stereocenters. The van der Waals surface area contributed by atoms with Crippen LogP contribution in [-0.2, 0) is 12.0 Å². The molecule has 3 N–H and O–H groups in total. The van der Waals surface area contributed by atoms with Crippen molar-refractivity contribution in [3.63, 3.8) is 0 Å². The van der Waals surface area contributed by atoms with Crippen LogP contribution in [0, 0.1) is 11.6 Å². The van der Waals surface area contributed by atoms with Crippen molar-refractivity contribution in [1.29, 1.82) is 0 Å². The second-order valence-corrected chi connectivity index (χ2v) is 11.6. The number of amides is 1. The highest BCUT2D eigenvalue weighted by atomic mass is 35.5. The van der Waals surface area contributed by atoms with Gasteiger partial charge in [0.2, 0.25) is 0 Å². The molecule has 0 radical (unpaired) electrons. The van der Waals surface area contributed by atoms with E-state index < -0.39 is 29.2 Å². The zero-order valence-electron chi connectivity index (χ0n) is 22.5. The molecular formula is C31H30ClF2N3O4. The monoisotopic (exact) mass is 581 g/mol. The Morgan fingerprint density at radius 3 is 2.73 bits per heavy atom. The average Bonchev–Trinajstić information content (AvgIpc) is 3.73. The molecular weight excluding hydrogens is 552 g/mol. The number of halogens is 3. The third kappa shape index (κ3) is 4.00. The van der Waals surface area contributed by atoms with Crippen LogP contribution >= 0.6 is 11.6 Å². The van der Waals surface area contributed by atoms with Gasteiger partial charge in [-0.25, -0.2) is 8.78 Å². The van der Waals surface area contributed by atoms with Crippen molar-refractivity contribution in [1.82, 2.24) is 10.6 Å². The summed E-state index contributed by atoms with van der Waals surface area (Å²) in [6.45, 7) is 1.30. The fourth-order valence-electron chi connectivity index (χ4n) is 7.08. The van der Waals surface area contributed by atoms with Crippen molar-refractivity contribution in [3.8, 4) is 22.6 Å². The highest BCUT2D eigenvalue weighted by molar-refractivity contribution is 6.34. The van der Waals surface area contributed by atoms with E-state index in [1.807, 2.05) is 30.3 Å². The van der Waals surface area contributed by atoms with Crippen molar-refractivity contribution >= 4 is 23.2 Å². The summed E-state index contributed by atoms with van der Waals surface area (Å²) < 4.78 is 45.1. The van der Waals surface area contributed by atoms with E-state index in [1.54, 1.807) is 4.90 Å². The number of benzene rings is 3. The Hall–Kier alpha value is -3.40. The summed E-state index contributed by atoms with van der Waals surface area (Å²) >= 11 is 6.69. The first-order valence-electron chi connectivity index (χ1n) is 14.0. The highest BCUT2D eigenvalue weighted by Crippen LogP contribution is 2.54. The van der Waals surface area contributed by atoms with Crippen LogP contribution in [0.15, 0.2) is 42.5 Å². The normalized spacial score (nSPS) is 26.2. The molecule has 7 nitrogen and oxygen atoms in total. The highest BCUT2D eigenvalue weighted by Gasteiger charge is 2.50. The molecule has 2 saturated heterocycles. The first-order valence-corrected chi connectivity index (χ1v) is 14.4. The lowest BCUT2D eigenvalue weighted by molar-refractivity contribution is 0.0539. The summed E-state index contributed by atoms with van der Waals surface area (Å²) in [6.07, 6.45) is 1.90. The minimum atomic E-state index is -0.878. The van der Waals surface area contributed by atoms with Crippen LogP contribution in [0.3, 0.4) is 0 Å². The molecule has 0 bridgehead atoms. The summed E-state index contributed by atoms with van der Waals surface area (Å²) in [5.74, 6) is -1.61. The number of hydrogen-bond acceptors (Lipinski definition) is 6. The van der Waals surface area contributed by atoms with Gasteiger partial charge in [-0.2, -0.15) is 0 Å². The van der Waals surface area contributed by atoms with E-state index in [4.69, 9.17) is 21.1 Å². The van der Waals surface area contributed by atoms with Gasteiger partial charge in [0.25, 0.3) is 5.91 Å². The maximum Gasteiger partial charge on any atom is 0.251 e. The molecule has 1 amide bonds. The number of ether oxygens (including phenoxy) is 2. The zero-order chi connectivity index (χ0) is 28.5. The summed E-state index contributed by atoms with van der Waals surface area (Å²) in [5.41, 5.74) is 0.676. The van der Waals surface area contributed by atoms with Gasteiger partial charge in [0, 0.05) is 42.8 Å². The standard InChI is InChI=1S/C31H30ClF2N3O4/c1-35-30(39)19-11-23-29(37-14-18(38)10-17(37)15-40-23)28(34)26(19)25-20-13-31(24-8-5-9-36-24,16-6-3-2-4-7-16)41-22(20)12-21(33)27(25)32/h2-4,6-7,11-12,17-18,24,36,38H,5,8-10,13-15H2,1H3,(H,35,39)/t17?,18?,24-,31-/m0/s1. The molecule has 3 aromatic carbocycles. The maximum absolute atomic E-state index is 16.9. The number of nitrogens with one attached hydrogen (secondary N) is 2. The molecule has 4 aliphatic heterocycles. The van der Waals surface area contributed by atoms with Crippen LogP contribution in [0.4, 0.5) is 14.5 Å². The molecule has 0 aromatic heterocycles. The van der Waals surface area contributed by atoms with E-state index in [0.29, 0.717) is 18.4 Å². The summed E-state index contributed by atoms with van der Waals surface area (Å²) in [5, 5.41) is 16.2. The van der Waals surface area contributed by atoms with Crippen molar-refractivity contribution in [2.75, 3.05) is 31.6 Å². The number of hydrogen-bond donors (Lipinski definition) is 3. The van der Waals surface area contributed by atoms with Gasteiger partial charge in [-0.3, -0.25) is 4.79 Å². The van der Waals surface area contributed by atoms with E-state index in [2.05, 4.69) is 10.6 Å². The lowest BCUT2D eigenvalue weighted by Gasteiger charge is -2.35. The number of nitrogens with zero attached hydrogens (tertiary/aromatic N) is 1. The minimum Gasteiger partial charge on any atom is -0.489 e. The van der Waals surface area contributed by atoms with Crippen LogP contribution in [0.5, 0.6) is 11.5 Å². The topological polar surface area (TPSA) is 83.1 Å². The molecule has 4 aliphatic rings. The molecule has 10 heteroatoms. The van der Waals surface area contributed by atoms with E-state index in [-0.39, 0.29) is 64.1 Å². The number of carbonyl (C=O) groups excluding carboxylic acids is 1. The number of carbonyl (C=O) groups is 1. The fourth-order valence-corrected chi connectivity index (χ4v) is 7.35. The molecule has 41 heavy (non-hydrogen) atoms. The zero-order valence-corrected chi connectivity index (χ0v) is 23.2. The second kappa shape index (κ2) is 9.86. The predicted molar refractivity (Wildman–Crippen MR) is 151 cm³/mol. The van der Waals surface area contributed by atoms with Gasteiger partial charge in [0.1, 0.15) is 29.6 Å². The molecule has 214 valence electrons. The third-order valence-corrected chi connectivity index (χ3v) is 9.31. The van der Waals surface area contributed by atoms with Gasteiger partial charge in [0.15, 0.2) is 11.4 Å². The number of aliphatic hydroxyl groups is 1. The lowest BCUT2D eigenvalue weighted by Crippen LogP contribution is -2.48. The Labute approximate surface area is 241 Å². The van der Waals surface area contributed by atoms with Crippen molar-refractivity contribution in [2.45, 2.75) is 49.5 Å². The first-order chi connectivity index (χ1) is 19.8. The van der Waals surface area contributed by atoms with Gasteiger partial charge >= 0.3 is 0 Å². The number of aliphatic hydroxyl groups excluding tert-OH is 1. The van der Waals surface area contributed by atoms with Crippen molar-refractivity contribution in [2.24, 2.45) is 0 Å². The molecule has 0 saturated carbocycles. The summed E-state index contributed by atoms with van der Waals surface area (Å²) in [4.78, 5) is 15.0. The van der Waals surface area contributed by atoms with Gasteiger partial charge in [-0.05, 0) is 37.4 Å². The number of anilines is 1. The number of fused-ring (bicyclic) bond motifs is 4. The Morgan fingerprint density at radius 2 is 2.00 bits per heavy atom. The summed E-state index contributed by atoms with van der Waals surface area (Å²) in [7, 11) is 1.45. The van der Waals surface area contributed by atoms with Crippen molar-refractivity contribution < 1.29 is 28.2 Å². The molecule has 7 rings (SSSR count). The van der Waals surface area contributed by atoms with Gasteiger partial charge < -0.3 is 30.1 Å². The van der Waals surface area contributed by atoms with Crippen LogP contribution < -0.4 is 25.0 Å². The van der Waals surface area contributed by atoms with E-state index >= 15 is 8.78 Å². The SMILES string of the molecule is CNC(=O)c1cc2c(c(F)c1-c1c(Cl)c(F)cc3c1C[C@](c1ccccc1)([C@@H]1CCCN1)O3)N1CC(O)CC1CO2. The molecule has 4 heterocycles. The molecule has 4 atom stereocenters. The Balaban J connectivity index is 1.47. The summed E-state index contributed by atoms with van der Waals surface area (Å²) in [6, 6.07) is 12.2. The molecule has 0 aliphatic carbocycles. The first kappa shape index (κ1) is 26.5. The largest absolute Gasteiger partial charge is 0.489 e. The van der Waals surface area contributed by atoms with Gasteiger partial charge in [-0.15, -0.1) is 0 Å². The fraction of sp³-hybridized carbons (Fsp3) is 0.387. The smallest absolute Gasteiger partial charge is 0.251 e. The minimum absolute atomic E-state index is 0.0205. The number of rotatable bonds is 4. The predicted octanol–water partition coefficient (Wildman–Crippen LogP) is 4.56. The molecule has 3 aromatic rings.